The number of pyridine rings is 1. The van der Waals surface area contributed by atoms with Crippen LogP contribution in [0.4, 0.5) is 0 Å². The normalized spacial score (nSPS) is 14.6. The van der Waals surface area contributed by atoms with Gasteiger partial charge in [0, 0.05) is 5.56 Å². The van der Waals surface area contributed by atoms with Gasteiger partial charge in [0.2, 0.25) is 0 Å². The molecule has 2 N–H and O–H groups in total. The molecular formula is C17H18Cl2N2O3. The average molecular weight is 369 g/mol. The van der Waals surface area contributed by atoms with Crippen molar-refractivity contribution in [3.05, 3.63) is 47.2 Å². The number of carbonyl (C=O) groups is 1. The van der Waals surface area contributed by atoms with Crippen molar-refractivity contribution < 1.29 is 14.6 Å². The van der Waals surface area contributed by atoms with E-state index in [4.69, 9.17) is 21.4 Å². The molecule has 0 atom stereocenters. The number of benzene rings is 1. The highest BCUT2D eigenvalue weighted by Gasteiger charge is 2.41. The van der Waals surface area contributed by atoms with E-state index in [2.05, 4.69) is 10.3 Å². The summed E-state index contributed by atoms with van der Waals surface area (Å²) in [6.45, 7) is 0.571. The highest BCUT2D eigenvalue weighted by Crippen LogP contribution is 2.36. The molecule has 0 unspecified atom stereocenters. The Bertz CT molecular complexity index is 748. The van der Waals surface area contributed by atoms with Gasteiger partial charge in [-0.1, -0.05) is 23.7 Å². The van der Waals surface area contributed by atoms with Gasteiger partial charge >= 0.3 is 5.97 Å². The van der Waals surface area contributed by atoms with Crippen LogP contribution in [0.25, 0.3) is 11.1 Å². The predicted molar refractivity (Wildman–Crippen MR) is 95.4 cm³/mol. The van der Waals surface area contributed by atoms with Crippen LogP contribution in [-0.4, -0.2) is 35.3 Å². The first kappa shape index (κ1) is 18.5. The number of halogens is 2. The molecule has 1 aliphatic rings. The Labute approximate surface area is 151 Å². The first-order valence-corrected chi connectivity index (χ1v) is 7.72. The molecule has 1 aromatic carbocycles. The summed E-state index contributed by atoms with van der Waals surface area (Å²) in [6.07, 6.45) is 3.77. The van der Waals surface area contributed by atoms with Crippen LogP contribution in [0.1, 0.15) is 23.2 Å². The molecule has 2 aromatic rings. The maximum Gasteiger partial charge on any atom is 0.335 e. The number of rotatable bonds is 6. The lowest BCUT2D eigenvalue weighted by atomic mass is 10.0. The van der Waals surface area contributed by atoms with Gasteiger partial charge < -0.3 is 15.2 Å². The number of hydrogen-bond acceptors (Lipinski definition) is 4. The van der Waals surface area contributed by atoms with Crippen molar-refractivity contribution in [3.8, 4) is 16.9 Å². The van der Waals surface area contributed by atoms with Gasteiger partial charge in [-0.3, -0.25) is 0 Å². The Morgan fingerprint density at radius 2 is 2.17 bits per heavy atom. The van der Waals surface area contributed by atoms with Crippen LogP contribution in [-0.2, 0) is 0 Å². The molecular weight excluding hydrogens is 351 g/mol. The smallest absolute Gasteiger partial charge is 0.335 e. The van der Waals surface area contributed by atoms with Crippen LogP contribution in [0.5, 0.6) is 5.75 Å². The van der Waals surface area contributed by atoms with E-state index in [9.17, 15) is 4.79 Å². The Hall–Kier alpha value is -1.82. The first-order valence-electron chi connectivity index (χ1n) is 7.34. The number of nitrogens with one attached hydrogen (secondary N) is 1. The monoisotopic (exact) mass is 368 g/mol. The van der Waals surface area contributed by atoms with Gasteiger partial charge in [-0.05, 0) is 43.7 Å². The van der Waals surface area contributed by atoms with E-state index in [1.807, 2.05) is 7.05 Å². The number of hydrogen-bond donors (Lipinski definition) is 2. The Morgan fingerprint density at radius 3 is 2.79 bits per heavy atom. The van der Waals surface area contributed by atoms with Gasteiger partial charge in [0.1, 0.15) is 17.5 Å². The fraction of sp³-hybridized carbons (Fsp3) is 0.294. The van der Waals surface area contributed by atoms with Crippen LogP contribution in [0.2, 0.25) is 5.15 Å². The molecule has 0 spiro atoms. The van der Waals surface area contributed by atoms with Crippen LogP contribution < -0.4 is 10.1 Å². The van der Waals surface area contributed by atoms with E-state index in [0.29, 0.717) is 28.6 Å². The Morgan fingerprint density at radius 1 is 1.42 bits per heavy atom. The van der Waals surface area contributed by atoms with Crippen molar-refractivity contribution in [1.82, 2.24) is 10.3 Å². The minimum atomic E-state index is -0.979. The SMILES string of the molecule is CNC1(COc2cnc(Cl)c(-c3cccc(C(=O)O)c3)c2)CC1.Cl. The minimum absolute atomic E-state index is 0. The molecule has 1 saturated carbocycles. The summed E-state index contributed by atoms with van der Waals surface area (Å²) in [4.78, 5) is 15.3. The Balaban J connectivity index is 0.00000208. The summed E-state index contributed by atoms with van der Waals surface area (Å²) >= 11 is 6.17. The van der Waals surface area contributed by atoms with Crippen molar-refractivity contribution in [2.75, 3.05) is 13.7 Å². The molecule has 128 valence electrons. The zero-order valence-electron chi connectivity index (χ0n) is 13.1. The molecule has 5 nitrogen and oxygen atoms in total. The average Bonchev–Trinajstić information content (AvgIpc) is 3.35. The summed E-state index contributed by atoms with van der Waals surface area (Å²) in [5, 5.41) is 12.7. The number of nitrogens with zero attached hydrogens (tertiary/aromatic N) is 1. The van der Waals surface area contributed by atoms with Gasteiger partial charge in [0.05, 0.1) is 17.3 Å². The summed E-state index contributed by atoms with van der Waals surface area (Å²) < 4.78 is 5.82. The van der Waals surface area contributed by atoms with Gasteiger partial charge in [-0.15, -0.1) is 12.4 Å². The first-order chi connectivity index (χ1) is 11.0. The van der Waals surface area contributed by atoms with E-state index >= 15 is 0 Å². The van der Waals surface area contributed by atoms with Gasteiger partial charge in [-0.25, -0.2) is 9.78 Å². The van der Waals surface area contributed by atoms with Gasteiger partial charge in [-0.2, -0.15) is 0 Å². The number of aromatic carboxylic acids is 1. The fourth-order valence-electron chi connectivity index (χ4n) is 2.37. The molecule has 0 amide bonds. The molecule has 0 bridgehead atoms. The van der Waals surface area contributed by atoms with Crippen LogP contribution in [0.15, 0.2) is 36.5 Å². The van der Waals surface area contributed by atoms with E-state index in [-0.39, 0.29) is 23.5 Å². The van der Waals surface area contributed by atoms with E-state index < -0.39 is 5.97 Å². The highest BCUT2D eigenvalue weighted by atomic mass is 35.5. The molecule has 3 rings (SSSR count). The summed E-state index contributed by atoms with van der Waals surface area (Å²) in [7, 11) is 1.93. The molecule has 7 heteroatoms. The van der Waals surface area contributed by atoms with E-state index in [1.54, 1.807) is 30.5 Å². The fourth-order valence-corrected chi connectivity index (χ4v) is 2.58. The minimum Gasteiger partial charge on any atom is -0.490 e. The molecule has 0 radical (unpaired) electrons. The van der Waals surface area contributed by atoms with Crippen molar-refractivity contribution in [3.63, 3.8) is 0 Å². The van der Waals surface area contributed by atoms with Crippen LogP contribution in [0, 0.1) is 0 Å². The maximum atomic E-state index is 11.1. The second-order valence-corrected chi connectivity index (χ2v) is 6.07. The van der Waals surface area contributed by atoms with E-state index in [1.165, 1.54) is 6.07 Å². The second kappa shape index (κ2) is 7.38. The summed E-state index contributed by atoms with van der Waals surface area (Å²) in [5.41, 5.74) is 1.63. The molecule has 0 aliphatic heterocycles. The molecule has 24 heavy (non-hydrogen) atoms. The third-order valence-electron chi connectivity index (χ3n) is 4.13. The molecule has 0 saturated heterocycles. The standard InChI is InChI=1S/C17H17ClN2O3.ClH/c1-19-17(5-6-17)10-23-13-8-14(15(18)20-9-13)11-3-2-4-12(7-11)16(21)22;/h2-4,7-9,19H,5-6,10H2,1H3,(H,21,22);1H. The summed E-state index contributed by atoms with van der Waals surface area (Å²) in [5.74, 6) is -0.361. The van der Waals surface area contributed by atoms with Crippen LogP contribution >= 0.6 is 24.0 Å². The molecule has 1 heterocycles. The lowest BCUT2D eigenvalue weighted by molar-refractivity contribution is 0.0697. The number of carboxylic acids is 1. The number of ether oxygens (including phenoxy) is 1. The third kappa shape index (κ3) is 3.98. The third-order valence-corrected chi connectivity index (χ3v) is 4.43. The maximum absolute atomic E-state index is 11.1. The lowest BCUT2D eigenvalue weighted by Gasteiger charge is -2.16. The molecule has 1 fully saturated rings. The van der Waals surface area contributed by atoms with Crippen molar-refractivity contribution >= 4 is 30.0 Å². The second-order valence-electron chi connectivity index (χ2n) is 5.71. The van der Waals surface area contributed by atoms with Crippen molar-refractivity contribution in [1.29, 1.82) is 0 Å². The molecule has 1 aliphatic carbocycles. The predicted octanol–water partition coefficient (Wildman–Crippen LogP) is 3.65. The Kier molecular flexibility index (Phi) is 5.70. The zero-order chi connectivity index (χ0) is 16.4. The quantitative estimate of drug-likeness (QED) is 0.761. The van der Waals surface area contributed by atoms with E-state index in [0.717, 1.165) is 12.8 Å². The summed E-state index contributed by atoms with van der Waals surface area (Å²) in [6, 6.07) is 8.39. The van der Waals surface area contributed by atoms with Gasteiger partial charge in [0.15, 0.2) is 0 Å². The van der Waals surface area contributed by atoms with Crippen LogP contribution in [0.3, 0.4) is 0 Å². The van der Waals surface area contributed by atoms with Gasteiger partial charge in [0.25, 0.3) is 0 Å². The number of aromatic nitrogens is 1. The van der Waals surface area contributed by atoms with Crippen molar-refractivity contribution in [2.45, 2.75) is 18.4 Å². The number of likely N-dealkylation sites (N-methyl/N-ethyl adjacent to an activating group) is 1. The lowest BCUT2D eigenvalue weighted by Crippen LogP contribution is -2.33. The topological polar surface area (TPSA) is 71.5 Å². The largest absolute Gasteiger partial charge is 0.490 e. The highest BCUT2D eigenvalue weighted by molar-refractivity contribution is 6.32. The van der Waals surface area contributed by atoms with Crippen molar-refractivity contribution in [2.24, 2.45) is 0 Å². The molecule has 1 aromatic heterocycles. The zero-order valence-corrected chi connectivity index (χ0v) is 14.7. The number of carboxylic acid groups (broad SMARTS) is 1.